The van der Waals surface area contributed by atoms with Crippen molar-refractivity contribution in [3.05, 3.63) is 23.8 Å². The first-order chi connectivity index (χ1) is 9.15. The number of benzene rings is 1. The number of nitrogens with one attached hydrogen (secondary N) is 2. The molecular formula is C13H16N4O2. The summed E-state index contributed by atoms with van der Waals surface area (Å²) in [4.78, 5) is 25.1. The Balaban J connectivity index is 1.88. The van der Waals surface area contributed by atoms with Crippen molar-refractivity contribution in [3.63, 3.8) is 0 Å². The van der Waals surface area contributed by atoms with E-state index in [9.17, 15) is 9.59 Å². The van der Waals surface area contributed by atoms with Crippen molar-refractivity contribution in [2.45, 2.75) is 12.5 Å². The monoisotopic (exact) mass is 260 g/mol. The molecule has 1 atom stereocenters. The van der Waals surface area contributed by atoms with Crippen LogP contribution in [0.2, 0.25) is 0 Å². The lowest BCUT2D eigenvalue weighted by atomic mass is 10.1. The number of amides is 2. The van der Waals surface area contributed by atoms with Gasteiger partial charge in [0, 0.05) is 30.0 Å². The standard InChI is InChI=1S/C13H16N4O2/c14-12-9-3-2-8(6-10(9)16-13(12)19)17-5-1-4-15-11(18)7-17/h2-3,6,12H,1,4-5,7,14H2,(H,15,18)(H,16,19). The van der Waals surface area contributed by atoms with Gasteiger partial charge in [0.05, 0.1) is 6.54 Å². The van der Waals surface area contributed by atoms with Crippen molar-refractivity contribution in [2.24, 2.45) is 5.73 Å². The highest BCUT2D eigenvalue weighted by Crippen LogP contribution is 2.32. The summed E-state index contributed by atoms with van der Waals surface area (Å²) < 4.78 is 0. The van der Waals surface area contributed by atoms with Crippen molar-refractivity contribution in [3.8, 4) is 0 Å². The van der Waals surface area contributed by atoms with Crippen LogP contribution < -0.4 is 21.3 Å². The van der Waals surface area contributed by atoms with Gasteiger partial charge in [-0.2, -0.15) is 0 Å². The molecule has 0 bridgehead atoms. The Morgan fingerprint density at radius 3 is 3.00 bits per heavy atom. The number of carbonyl (C=O) groups is 2. The summed E-state index contributed by atoms with van der Waals surface area (Å²) in [6.45, 7) is 1.87. The van der Waals surface area contributed by atoms with Crippen LogP contribution in [0.4, 0.5) is 11.4 Å². The van der Waals surface area contributed by atoms with Crippen LogP contribution in [-0.4, -0.2) is 31.4 Å². The summed E-state index contributed by atoms with van der Waals surface area (Å²) in [6.07, 6.45) is 0.911. The van der Waals surface area contributed by atoms with Gasteiger partial charge in [0.15, 0.2) is 0 Å². The molecule has 1 unspecified atom stereocenters. The highest BCUT2D eigenvalue weighted by Gasteiger charge is 2.27. The van der Waals surface area contributed by atoms with E-state index in [2.05, 4.69) is 10.6 Å². The van der Waals surface area contributed by atoms with Crippen molar-refractivity contribution in [1.82, 2.24) is 5.32 Å². The fourth-order valence-electron chi connectivity index (χ4n) is 2.50. The summed E-state index contributed by atoms with van der Waals surface area (Å²) in [5.74, 6) is -0.153. The van der Waals surface area contributed by atoms with E-state index in [-0.39, 0.29) is 11.8 Å². The molecule has 1 saturated heterocycles. The van der Waals surface area contributed by atoms with Gasteiger partial charge >= 0.3 is 0 Å². The van der Waals surface area contributed by atoms with Crippen LogP contribution in [0.3, 0.4) is 0 Å². The molecule has 1 aromatic carbocycles. The molecule has 2 aliphatic heterocycles. The van der Waals surface area contributed by atoms with Gasteiger partial charge in [-0.1, -0.05) is 6.07 Å². The molecular weight excluding hydrogens is 244 g/mol. The van der Waals surface area contributed by atoms with Crippen molar-refractivity contribution in [1.29, 1.82) is 0 Å². The molecule has 1 aromatic rings. The van der Waals surface area contributed by atoms with Crippen LogP contribution in [-0.2, 0) is 9.59 Å². The Morgan fingerprint density at radius 2 is 2.16 bits per heavy atom. The summed E-state index contributed by atoms with van der Waals surface area (Å²) in [7, 11) is 0. The zero-order valence-corrected chi connectivity index (χ0v) is 10.5. The number of fused-ring (bicyclic) bond motifs is 1. The molecule has 0 aliphatic carbocycles. The van der Waals surface area contributed by atoms with Gasteiger partial charge in [0.25, 0.3) is 0 Å². The number of hydrogen-bond donors (Lipinski definition) is 3. The zero-order chi connectivity index (χ0) is 13.4. The van der Waals surface area contributed by atoms with Gasteiger partial charge in [-0.3, -0.25) is 9.59 Å². The minimum Gasteiger partial charge on any atom is -0.362 e. The minimum atomic E-state index is -0.587. The van der Waals surface area contributed by atoms with Gasteiger partial charge in [0.2, 0.25) is 11.8 Å². The molecule has 4 N–H and O–H groups in total. The third-order valence-corrected chi connectivity index (χ3v) is 3.54. The molecule has 0 saturated carbocycles. The van der Waals surface area contributed by atoms with Gasteiger partial charge in [-0.05, 0) is 18.6 Å². The maximum atomic E-state index is 11.6. The first-order valence-electron chi connectivity index (χ1n) is 6.37. The lowest BCUT2D eigenvalue weighted by Crippen LogP contribution is -2.33. The SMILES string of the molecule is NC1C(=O)Nc2cc(N3CCCNC(=O)C3)ccc21. The van der Waals surface area contributed by atoms with Crippen molar-refractivity contribution >= 4 is 23.2 Å². The Bertz CT molecular complexity index is 543. The van der Waals surface area contributed by atoms with Gasteiger partial charge in [-0.25, -0.2) is 0 Å². The summed E-state index contributed by atoms with van der Waals surface area (Å²) >= 11 is 0. The average molecular weight is 260 g/mol. The smallest absolute Gasteiger partial charge is 0.245 e. The largest absolute Gasteiger partial charge is 0.362 e. The molecule has 6 heteroatoms. The predicted molar refractivity (Wildman–Crippen MR) is 71.8 cm³/mol. The number of nitrogens with two attached hydrogens (primary N) is 1. The topological polar surface area (TPSA) is 87.5 Å². The molecule has 2 amide bonds. The highest BCUT2D eigenvalue weighted by atomic mass is 16.2. The van der Waals surface area contributed by atoms with Crippen molar-refractivity contribution in [2.75, 3.05) is 29.9 Å². The summed E-state index contributed by atoms with van der Waals surface area (Å²) in [5.41, 5.74) is 8.27. The number of hydrogen-bond acceptors (Lipinski definition) is 4. The molecule has 100 valence electrons. The van der Waals surface area contributed by atoms with Gasteiger partial charge in [0.1, 0.15) is 6.04 Å². The summed E-state index contributed by atoms with van der Waals surface area (Å²) in [6, 6.07) is 5.07. The lowest BCUT2D eigenvalue weighted by Gasteiger charge is -2.22. The summed E-state index contributed by atoms with van der Waals surface area (Å²) in [5, 5.41) is 5.60. The lowest BCUT2D eigenvalue weighted by molar-refractivity contribution is -0.119. The average Bonchev–Trinajstić information content (AvgIpc) is 2.57. The number of anilines is 2. The van der Waals surface area contributed by atoms with Gasteiger partial charge in [-0.15, -0.1) is 0 Å². The van der Waals surface area contributed by atoms with E-state index in [4.69, 9.17) is 5.73 Å². The van der Waals surface area contributed by atoms with E-state index < -0.39 is 6.04 Å². The maximum absolute atomic E-state index is 11.6. The highest BCUT2D eigenvalue weighted by molar-refractivity contribution is 6.03. The molecule has 2 heterocycles. The Kier molecular flexibility index (Phi) is 2.87. The van der Waals surface area contributed by atoms with Crippen LogP contribution in [0.15, 0.2) is 18.2 Å². The van der Waals surface area contributed by atoms with E-state index >= 15 is 0 Å². The fourth-order valence-corrected chi connectivity index (χ4v) is 2.50. The number of nitrogens with zero attached hydrogens (tertiary/aromatic N) is 1. The van der Waals surface area contributed by atoms with Crippen LogP contribution in [0.25, 0.3) is 0 Å². The first-order valence-corrected chi connectivity index (χ1v) is 6.37. The molecule has 0 radical (unpaired) electrons. The van der Waals surface area contributed by atoms with E-state index in [0.29, 0.717) is 13.1 Å². The van der Waals surface area contributed by atoms with Crippen molar-refractivity contribution < 1.29 is 9.59 Å². The van der Waals surface area contributed by atoms with Crippen LogP contribution in [0.1, 0.15) is 18.0 Å². The second-order valence-electron chi connectivity index (χ2n) is 4.86. The fraction of sp³-hybridized carbons (Fsp3) is 0.385. The molecule has 0 aromatic heterocycles. The third-order valence-electron chi connectivity index (χ3n) is 3.54. The molecule has 3 rings (SSSR count). The second-order valence-corrected chi connectivity index (χ2v) is 4.86. The van der Waals surface area contributed by atoms with Crippen LogP contribution in [0, 0.1) is 0 Å². The van der Waals surface area contributed by atoms with Gasteiger partial charge < -0.3 is 21.3 Å². The second kappa shape index (κ2) is 4.55. The van der Waals surface area contributed by atoms with E-state index in [0.717, 1.165) is 29.9 Å². The van der Waals surface area contributed by atoms with E-state index in [1.54, 1.807) is 0 Å². The molecule has 2 aliphatic rings. The Hall–Kier alpha value is -2.08. The Morgan fingerprint density at radius 1 is 1.32 bits per heavy atom. The predicted octanol–water partition coefficient (Wildman–Crippen LogP) is -0.0352. The normalized spacial score (nSPS) is 22.6. The number of rotatable bonds is 1. The quantitative estimate of drug-likeness (QED) is 0.661. The van der Waals surface area contributed by atoms with E-state index in [1.165, 1.54) is 0 Å². The number of carbonyl (C=O) groups excluding carboxylic acids is 2. The van der Waals surface area contributed by atoms with Crippen LogP contribution in [0.5, 0.6) is 0 Å². The zero-order valence-electron chi connectivity index (χ0n) is 10.5. The Labute approximate surface area is 110 Å². The molecule has 19 heavy (non-hydrogen) atoms. The third kappa shape index (κ3) is 2.15. The molecule has 0 spiro atoms. The molecule has 1 fully saturated rings. The van der Waals surface area contributed by atoms with E-state index in [1.807, 2.05) is 23.1 Å². The maximum Gasteiger partial charge on any atom is 0.245 e. The minimum absolute atomic E-state index is 0.0266. The molecule has 6 nitrogen and oxygen atoms in total. The first kappa shape index (κ1) is 12.0. The van der Waals surface area contributed by atoms with Crippen LogP contribution >= 0.6 is 0 Å².